The van der Waals surface area contributed by atoms with E-state index in [1.54, 1.807) is 20.2 Å². The molecule has 0 unspecified atom stereocenters. The van der Waals surface area contributed by atoms with Crippen LogP contribution >= 0.6 is 35.6 Å². The van der Waals surface area contributed by atoms with Crippen molar-refractivity contribution >= 4 is 58.8 Å². The molecular formula is C22H30ClIN4O3. The van der Waals surface area contributed by atoms with Gasteiger partial charge < -0.3 is 25.4 Å². The molecule has 0 spiro atoms. The van der Waals surface area contributed by atoms with Crippen molar-refractivity contribution in [2.45, 2.75) is 19.8 Å². The largest absolute Gasteiger partial charge is 0.493 e. The van der Waals surface area contributed by atoms with Crippen LogP contribution in [0.25, 0.3) is 0 Å². The summed E-state index contributed by atoms with van der Waals surface area (Å²) in [5, 5.41) is 9.66. The zero-order valence-corrected chi connectivity index (χ0v) is 21.1. The number of ether oxygens (including phenoxy) is 2. The van der Waals surface area contributed by atoms with Crippen LogP contribution in [0, 0.1) is 6.92 Å². The summed E-state index contributed by atoms with van der Waals surface area (Å²) in [6.07, 6.45) is 1.10. The molecule has 1 amide bonds. The Kier molecular flexibility index (Phi) is 13.0. The highest BCUT2D eigenvalue weighted by Crippen LogP contribution is 2.22. The number of hydrogen-bond donors (Lipinski definition) is 3. The number of aryl methyl sites for hydroxylation is 1. The van der Waals surface area contributed by atoms with Crippen LogP contribution in [0.15, 0.2) is 47.5 Å². The molecule has 0 saturated carbocycles. The van der Waals surface area contributed by atoms with Gasteiger partial charge in [-0.3, -0.25) is 9.79 Å². The number of hydrogen-bond acceptors (Lipinski definition) is 4. The van der Waals surface area contributed by atoms with Gasteiger partial charge >= 0.3 is 0 Å². The molecular weight excluding hydrogens is 531 g/mol. The van der Waals surface area contributed by atoms with Gasteiger partial charge in [0.05, 0.1) is 17.3 Å². The lowest BCUT2D eigenvalue weighted by Crippen LogP contribution is -2.33. The highest BCUT2D eigenvalue weighted by Gasteiger charge is 2.07. The Morgan fingerprint density at radius 2 is 1.94 bits per heavy atom. The number of amides is 1. The minimum absolute atomic E-state index is 0. The number of carbonyl (C=O) groups is 1. The first kappa shape index (κ1) is 27.0. The first-order chi connectivity index (χ1) is 14.5. The number of methoxy groups -OCH3 is 1. The van der Waals surface area contributed by atoms with E-state index >= 15 is 0 Å². The Labute approximate surface area is 206 Å². The molecule has 0 bridgehead atoms. The molecule has 2 aromatic rings. The molecule has 0 aliphatic carbocycles. The van der Waals surface area contributed by atoms with Crippen LogP contribution in [0.4, 0.5) is 11.4 Å². The molecule has 9 heteroatoms. The maximum absolute atomic E-state index is 12.2. The second-order valence-corrected chi connectivity index (χ2v) is 7.04. The molecule has 3 N–H and O–H groups in total. The van der Waals surface area contributed by atoms with Crippen LogP contribution in [-0.2, 0) is 9.53 Å². The van der Waals surface area contributed by atoms with Gasteiger partial charge in [-0.15, -0.1) is 24.0 Å². The van der Waals surface area contributed by atoms with Gasteiger partial charge in [0, 0.05) is 51.9 Å². The molecule has 0 atom stereocenters. The molecule has 0 heterocycles. The topological polar surface area (TPSA) is 84.0 Å². The van der Waals surface area contributed by atoms with Crippen LogP contribution in [0.1, 0.15) is 18.4 Å². The van der Waals surface area contributed by atoms with Gasteiger partial charge in [-0.05, 0) is 36.8 Å². The number of carbonyl (C=O) groups excluding carboxylic acids is 1. The number of nitrogens with one attached hydrogen (secondary N) is 3. The second-order valence-electron chi connectivity index (χ2n) is 6.63. The van der Waals surface area contributed by atoms with Crippen molar-refractivity contribution in [3.8, 4) is 5.75 Å². The summed E-state index contributed by atoms with van der Waals surface area (Å²) in [5.41, 5.74) is 2.49. The van der Waals surface area contributed by atoms with E-state index in [9.17, 15) is 4.79 Å². The Morgan fingerprint density at radius 3 is 2.65 bits per heavy atom. The zero-order chi connectivity index (χ0) is 21.8. The average Bonchev–Trinajstić information content (AvgIpc) is 2.73. The van der Waals surface area contributed by atoms with Crippen molar-refractivity contribution in [2.75, 3.05) is 44.5 Å². The van der Waals surface area contributed by atoms with E-state index in [-0.39, 0.29) is 36.3 Å². The fraction of sp³-hybridized carbons (Fsp3) is 0.364. The molecule has 2 aromatic carbocycles. The third kappa shape index (κ3) is 10.2. The number of aliphatic imine (C=N–C) groups is 1. The molecule has 31 heavy (non-hydrogen) atoms. The van der Waals surface area contributed by atoms with Gasteiger partial charge in [-0.25, -0.2) is 0 Å². The number of nitrogens with zero attached hydrogens (tertiary/aromatic N) is 1. The van der Waals surface area contributed by atoms with E-state index in [2.05, 4.69) is 20.9 Å². The van der Waals surface area contributed by atoms with Gasteiger partial charge in [0.2, 0.25) is 5.91 Å². The number of guanidine groups is 1. The molecule has 0 radical (unpaired) electrons. The van der Waals surface area contributed by atoms with E-state index in [1.807, 2.05) is 43.3 Å². The van der Waals surface area contributed by atoms with Crippen LogP contribution in [0.5, 0.6) is 5.75 Å². The van der Waals surface area contributed by atoms with Crippen molar-refractivity contribution in [2.24, 2.45) is 4.99 Å². The third-order valence-electron chi connectivity index (χ3n) is 4.13. The monoisotopic (exact) mass is 560 g/mol. The molecule has 0 fully saturated rings. The zero-order valence-electron chi connectivity index (χ0n) is 18.0. The van der Waals surface area contributed by atoms with Crippen LogP contribution < -0.4 is 20.7 Å². The van der Waals surface area contributed by atoms with Crippen LogP contribution in [0.2, 0.25) is 5.02 Å². The van der Waals surface area contributed by atoms with E-state index < -0.39 is 0 Å². The molecule has 0 aliphatic heterocycles. The molecule has 7 nitrogen and oxygen atoms in total. The standard InChI is InChI=1S/C22H29ClN4O3.HI/c1-16-8-9-20(19(23)14-16)27-21(28)10-11-25-22(24-2)26-17-6-4-7-18(15-17)30-13-5-12-29-3;/h4,6-9,14-15H,5,10-13H2,1-3H3,(H,27,28)(H2,24,25,26);1H. The Hall–Kier alpha value is -2.04. The highest BCUT2D eigenvalue weighted by molar-refractivity contribution is 14.0. The van der Waals surface area contributed by atoms with Crippen molar-refractivity contribution in [1.82, 2.24) is 5.32 Å². The predicted octanol–water partition coefficient (Wildman–Crippen LogP) is 4.70. The lowest BCUT2D eigenvalue weighted by molar-refractivity contribution is -0.116. The highest BCUT2D eigenvalue weighted by atomic mass is 127. The molecule has 170 valence electrons. The lowest BCUT2D eigenvalue weighted by atomic mass is 10.2. The van der Waals surface area contributed by atoms with E-state index in [4.69, 9.17) is 21.1 Å². The first-order valence-corrected chi connectivity index (χ1v) is 10.1. The smallest absolute Gasteiger partial charge is 0.226 e. The maximum Gasteiger partial charge on any atom is 0.226 e. The maximum atomic E-state index is 12.2. The van der Waals surface area contributed by atoms with Crippen molar-refractivity contribution in [3.63, 3.8) is 0 Å². The summed E-state index contributed by atoms with van der Waals surface area (Å²) in [6, 6.07) is 13.1. The quantitative estimate of drug-likeness (QED) is 0.170. The minimum atomic E-state index is -0.129. The van der Waals surface area contributed by atoms with Gasteiger partial charge in [-0.2, -0.15) is 0 Å². The summed E-state index contributed by atoms with van der Waals surface area (Å²) in [4.78, 5) is 16.4. The van der Waals surface area contributed by atoms with Crippen molar-refractivity contribution < 1.29 is 14.3 Å². The summed E-state index contributed by atoms with van der Waals surface area (Å²) in [7, 11) is 3.34. The summed E-state index contributed by atoms with van der Waals surface area (Å²) >= 11 is 6.16. The number of rotatable bonds is 10. The van der Waals surface area contributed by atoms with Crippen LogP contribution in [0.3, 0.4) is 0 Å². The van der Waals surface area contributed by atoms with Gasteiger partial charge in [0.25, 0.3) is 0 Å². The average molecular weight is 561 g/mol. The second kappa shape index (κ2) is 14.9. The van der Waals surface area contributed by atoms with Gasteiger partial charge in [0.1, 0.15) is 5.75 Å². The predicted molar refractivity (Wildman–Crippen MR) is 138 cm³/mol. The van der Waals surface area contributed by atoms with E-state index in [1.165, 1.54) is 0 Å². The fourth-order valence-electron chi connectivity index (χ4n) is 2.60. The van der Waals surface area contributed by atoms with Crippen molar-refractivity contribution in [1.29, 1.82) is 0 Å². The summed E-state index contributed by atoms with van der Waals surface area (Å²) in [5.74, 6) is 1.20. The number of halogens is 2. The fourth-order valence-corrected chi connectivity index (χ4v) is 2.88. The molecule has 0 aromatic heterocycles. The van der Waals surface area contributed by atoms with E-state index in [0.717, 1.165) is 23.4 Å². The summed E-state index contributed by atoms with van der Waals surface area (Å²) in [6.45, 7) is 3.62. The first-order valence-electron chi connectivity index (χ1n) is 9.77. The Morgan fingerprint density at radius 1 is 1.13 bits per heavy atom. The van der Waals surface area contributed by atoms with Crippen LogP contribution in [-0.4, -0.2) is 45.8 Å². The lowest BCUT2D eigenvalue weighted by Gasteiger charge is -2.13. The van der Waals surface area contributed by atoms with E-state index in [0.29, 0.717) is 36.4 Å². The number of benzene rings is 2. The molecule has 0 aliphatic rings. The van der Waals surface area contributed by atoms with Gasteiger partial charge in [-0.1, -0.05) is 23.7 Å². The van der Waals surface area contributed by atoms with Crippen molar-refractivity contribution in [3.05, 3.63) is 53.1 Å². The summed E-state index contributed by atoms with van der Waals surface area (Å²) < 4.78 is 10.7. The Balaban J connectivity index is 0.00000480. The number of anilines is 2. The SMILES string of the molecule is CN=C(NCCC(=O)Nc1ccc(C)cc1Cl)Nc1cccc(OCCCOC)c1.I. The normalized spacial score (nSPS) is 10.8. The minimum Gasteiger partial charge on any atom is -0.493 e. The Bertz CT molecular complexity index is 864. The van der Waals surface area contributed by atoms with Gasteiger partial charge in [0.15, 0.2) is 5.96 Å². The molecule has 2 rings (SSSR count). The molecule has 0 saturated heterocycles. The third-order valence-corrected chi connectivity index (χ3v) is 4.44.